The first-order valence-electron chi connectivity index (χ1n) is 10.8. The summed E-state index contributed by atoms with van der Waals surface area (Å²) in [5.74, 6) is 1.66. The van der Waals surface area contributed by atoms with Crippen molar-refractivity contribution in [1.29, 1.82) is 0 Å². The normalized spacial score (nSPS) is 16.7. The van der Waals surface area contributed by atoms with Crippen LogP contribution in [0.2, 0.25) is 0 Å². The van der Waals surface area contributed by atoms with Crippen LogP contribution in [-0.2, 0) is 16.3 Å². The largest absolute Gasteiger partial charge is 0.474 e. The molecule has 0 radical (unpaired) electrons. The summed E-state index contributed by atoms with van der Waals surface area (Å²) in [6.07, 6.45) is 6.32. The van der Waals surface area contributed by atoms with E-state index in [2.05, 4.69) is 24.8 Å². The maximum atomic E-state index is 13.1. The van der Waals surface area contributed by atoms with Crippen LogP contribution in [0.15, 0.2) is 53.8 Å². The Morgan fingerprint density at radius 3 is 2.55 bits per heavy atom. The Bertz CT molecular complexity index is 1260. The van der Waals surface area contributed by atoms with Crippen molar-refractivity contribution in [1.82, 2.24) is 15.0 Å². The van der Waals surface area contributed by atoms with E-state index in [9.17, 15) is 12.8 Å². The second kappa shape index (κ2) is 8.58. The van der Waals surface area contributed by atoms with Gasteiger partial charge in [0, 0.05) is 50.5 Å². The number of rotatable bonds is 5. The van der Waals surface area contributed by atoms with Crippen LogP contribution in [0.5, 0.6) is 5.88 Å². The minimum absolute atomic E-state index is 0.0210. The van der Waals surface area contributed by atoms with Crippen LogP contribution in [0, 0.1) is 5.82 Å². The first-order valence-corrected chi connectivity index (χ1v) is 12.7. The molecule has 3 aromatic rings. The van der Waals surface area contributed by atoms with Gasteiger partial charge in [0.25, 0.3) is 0 Å². The number of nitrogens with zero attached hydrogens (tertiary/aromatic N) is 5. The van der Waals surface area contributed by atoms with Crippen molar-refractivity contribution in [3.8, 4) is 5.88 Å². The number of piperidine rings is 1. The maximum Gasteiger partial charge on any atom is 0.218 e. The minimum Gasteiger partial charge on any atom is -0.474 e. The Labute approximate surface area is 192 Å². The van der Waals surface area contributed by atoms with Gasteiger partial charge in [0.1, 0.15) is 29.9 Å². The van der Waals surface area contributed by atoms with Crippen molar-refractivity contribution < 1.29 is 17.5 Å². The summed E-state index contributed by atoms with van der Waals surface area (Å²) >= 11 is 0. The average Bonchev–Trinajstić information content (AvgIpc) is 3.23. The highest BCUT2D eigenvalue weighted by molar-refractivity contribution is 7.90. The number of halogens is 1. The fourth-order valence-corrected chi connectivity index (χ4v) is 4.99. The highest BCUT2D eigenvalue weighted by Crippen LogP contribution is 2.35. The Morgan fingerprint density at radius 1 is 1.00 bits per heavy atom. The fourth-order valence-electron chi connectivity index (χ4n) is 4.32. The lowest BCUT2D eigenvalue weighted by atomic mass is 10.1. The number of aromatic nitrogens is 3. The molecule has 33 heavy (non-hydrogen) atoms. The van der Waals surface area contributed by atoms with Gasteiger partial charge in [-0.1, -0.05) is 0 Å². The molecule has 1 saturated heterocycles. The third-order valence-corrected chi connectivity index (χ3v) is 7.15. The Kier molecular flexibility index (Phi) is 5.61. The number of pyridine rings is 1. The van der Waals surface area contributed by atoms with Gasteiger partial charge in [-0.3, -0.25) is 0 Å². The zero-order chi connectivity index (χ0) is 23.0. The van der Waals surface area contributed by atoms with Gasteiger partial charge in [-0.05, 0) is 42.3 Å². The van der Waals surface area contributed by atoms with Gasteiger partial charge in [0.05, 0.1) is 11.1 Å². The zero-order valence-corrected chi connectivity index (χ0v) is 19.0. The van der Waals surface area contributed by atoms with E-state index >= 15 is 0 Å². The summed E-state index contributed by atoms with van der Waals surface area (Å²) in [5.41, 5.74) is 1.94. The van der Waals surface area contributed by atoms with Crippen LogP contribution in [0.1, 0.15) is 18.4 Å². The van der Waals surface area contributed by atoms with Crippen molar-refractivity contribution >= 4 is 27.2 Å². The van der Waals surface area contributed by atoms with Gasteiger partial charge in [-0.15, -0.1) is 0 Å². The average molecular weight is 470 g/mol. The first-order chi connectivity index (χ1) is 15.9. The van der Waals surface area contributed by atoms with E-state index in [1.54, 1.807) is 18.2 Å². The molecule has 0 atom stereocenters. The summed E-state index contributed by atoms with van der Waals surface area (Å²) in [7, 11) is -3.24. The van der Waals surface area contributed by atoms with Crippen LogP contribution >= 0.6 is 0 Å². The molecule has 8 nitrogen and oxygen atoms in total. The van der Waals surface area contributed by atoms with Gasteiger partial charge in [0.2, 0.25) is 5.88 Å². The zero-order valence-electron chi connectivity index (χ0n) is 18.2. The third kappa shape index (κ3) is 4.61. The summed E-state index contributed by atoms with van der Waals surface area (Å²) in [6, 6.07) is 10.2. The van der Waals surface area contributed by atoms with E-state index in [0.717, 1.165) is 55.2 Å². The molecule has 0 unspecified atom stereocenters. The number of hydrogen-bond donors (Lipinski definition) is 0. The van der Waals surface area contributed by atoms with Crippen LogP contribution in [0.4, 0.5) is 21.7 Å². The number of fused-ring (bicyclic) bond motifs is 1. The van der Waals surface area contributed by atoms with E-state index in [-0.39, 0.29) is 11.9 Å². The standard InChI is InChI=1S/C23H24FN5O3S/c1-33(30,31)19-3-4-20-16(12-19)6-11-29(20)22-13-23(27-15-26-22)32-18-7-9-28(10-8-18)21-5-2-17(24)14-25-21/h2-5,12-15,18H,6-11H2,1H3. The minimum atomic E-state index is -3.24. The van der Waals surface area contributed by atoms with E-state index in [1.165, 1.54) is 24.8 Å². The molecule has 2 aliphatic rings. The monoisotopic (exact) mass is 469 g/mol. The molecule has 0 N–H and O–H groups in total. The van der Waals surface area contributed by atoms with Crippen LogP contribution in [0.25, 0.3) is 0 Å². The quantitative estimate of drug-likeness (QED) is 0.563. The molecule has 172 valence electrons. The molecule has 4 heterocycles. The van der Waals surface area contributed by atoms with Gasteiger partial charge >= 0.3 is 0 Å². The van der Waals surface area contributed by atoms with Crippen molar-refractivity contribution in [2.75, 3.05) is 35.7 Å². The maximum absolute atomic E-state index is 13.1. The molecule has 5 rings (SSSR count). The molecular weight excluding hydrogens is 445 g/mol. The van der Waals surface area contributed by atoms with Gasteiger partial charge in [-0.25, -0.2) is 27.8 Å². The highest BCUT2D eigenvalue weighted by atomic mass is 32.2. The molecule has 1 aromatic carbocycles. The van der Waals surface area contributed by atoms with Crippen molar-refractivity contribution in [3.63, 3.8) is 0 Å². The predicted octanol–water partition coefficient (Wildman–Crippen LogP) is 3.16. The number of sulfone groups is 1. The molecular formula is C23H24FN5O3S. The Hall–Kier alpha value is -3.27. The lowest BCUT2D eigenvalue weighted by Gasteiger charge is -2.32. The molecule has 0 spiro atoms. The molecule has 10 heteroatoms. The Balaban J connectivity index is 1.25. The molecule has 0 saturated carbocycles. The topological polar surface area (TPSA) is 88.5 Å². The summed E-state index contributed by atoms with van der Waals surface area (Å²) < 4.78 is 43.0. The summed E-state index contributed by atoms with van der Waals surface area (Å²) in [4.78, 5) is 17.4. The van der Waals surface area contributed by atoms with Gasteiger partial charge in [0.15, 0.2) is 9.84 Å². The third-order valence-electron chi connectivity index (χ3n) is 6.04. The summed E-state index contributed by atoms with van der Waals surface area (Å²) in [6.45, 7) is 2.24. The first kappa shape index (κ1) is 21.6. The molecule has 2 aliphatic heterocycles. The Morgan fingerprint density at radius 2 is 1.82 bits per heavy atom. The van der Waals surface area contributed by atoms with Crippen molar-refractivity contribution in [2.24, 2.45) is 0 Å². The smallest absolute Gasteiger partial charge is 0.218 e. The predicted molar refractivity (Wildman–Crippen MR) is 122 cm³/mol. The molecule has 0 aliphatic carbocycles. The number of hydrogen-bond acceptors (Lipinski definition) is 8. The van der Waals surface area contributed by atoms with Gasteiger partial charge in [-0.2, -0.15) is 0 Å². The van der Waals surface area contributed by atoms with Crippen molar-refractivity contribution in [3.05, 3.63) is 60.3 Å². The highest BCUT2D eigenvalue weighted by Gasteiger charge is 2.25. The second-order valence-corrected chi connectivity index (χ2v) is 10.3. The van der Waals surface area contributed by atoms with Crippen LogP contribution in [-0.4, -0.2) is 55.4 Å². The van der Waals surface area contributed by atoms with Crippen LogP contribution in [0.3, 0.4) is 0 Å². The van der Waals surface area contributed by atoms with E-state index in [4.69, 9.17) is 4.74 Å². The lowest BCUT2D eigenvalue weighted by molar-refractivity contribution is 0.163. The van der Waals surface area contributed by atoms with Crippen LogP contribution < -0.4 is 14.5 Å². The molecule has 2 aromatic heterocycles. The van der Waals surface area contributed by atoms with E-state index in [1.807, 2.05) is 12.1 Å². The molecule has 1 fully saturated rings. The molecule has 0 amide bonds. The number of anilines is 3. The number of benzene rings is 1. The van der Waals surface area contributed by atoms with Gasteiger partial charge < -0.3 is 14.5 Å². The SMILES string of the molecule is CS(=O)(=O)c1ccc2c(c1)CCN2c1cc(OC2CCN(c3ccc(F)cn3)CC2)ncn1. The molecule has 0 bridgehead atoms. The second-order valence-electron chi connectivity index (χ2n) is 8.32. The lowest BCUT2D eigenvalue weighted by Crippen LogP contribution is -2.38. The summed E-state index contributed by atoms with van der Waals surface area (Å²) in [5, 5.41) is 0. The van der Waals surface area contributed by atoms with E-state index in [0.29, 0.717) is 17.3 Å². The number of ether oxygens (including phenoxy) is 1. The van der Waals surface area contributed by atoms with E-state index < -0.39 is 9.84 Å². The van der Waals surface area contributed by atoms with Crippen molar-refractivity contribution in [2.45, 2.75) is 30.3 Å². The fraction of sp³-hybridized carbons (Fsp3) is 0.348.